The first-order valence-corrected chi connectivity index (χ1v) is 13.2. The molecule has 2 atom stereocenters. The van der Waals surface area contributed by atoms with Gasteiger partial charge < -0.3 is 11.5 Å². The maximum atomic E-state index is 12.6. The first kappa shape index (κ1) is 28.1. The SMILES string of the molecule is Cc1nc2ccc(N)cc2c(=O)n1[C@@H]1CCC(=O)NC1=O.Cc1nc2ccc(N)cc2c(=O)n1[C@H]1CCC(=O)NC1=O. The van der Waals surface area contributed by atoms with Crippen LogP contribution in [-0.4, -0.2) is 42.7 Å². The van der Waals surface area contributed by atoms with Crippen molar-refractivity contribution >= 4 is 56.8 Å². The number of imide groups is 2. The summed E-state index contributed by atoms with van der Waals surface area (Å²) < 4.78 is 2.67. The van der Waals surface area contributed by atoms with Crippen molar-refractivity contribution in [1.29, 1.82) is 0 Å². The zero-order valence-corrected chi connectivity index (χ0v) is 22.8. The smallest absolute Gasteiger partial charge is 0.262 e. The van der Waals surface area contributed by atoms with Gasteiger partial charge in [-0.25, -0.2) is 9.97 Å². The second-order valence-corrected chi connectivity index (χ2v) is 10.2. The molecule has 14 heteroatoms. The molecule has 0 unspecified atom stereocenters. The highest BCUT2D eigenvalue weighted by atomic mass is 16.2. The van der Waals surface area contributed by atoms with E-state index in [1.165, 1.54) is 9.13 Å². The van der Waals surface area contributed by atoms with Crippen LogP contribution in [0.3, 0.4) is 0 Å². The molecule has 2 fully saturated rings. The number of amides is 4. The molecular weight excluding hydrogens is 544 g/mol. The van der Waals surface area contributed by atoms with Gasteiger partial charge in [-0.15, -0.1) is 0 Å². The van der Waals surface area contributed by atoms with Crippen LogP contribution in [0.15, 0.2) is 46.0 Å². The Morgan fingerprint density at radius 1 is 0.667 bits per heavy atom. The fraction of sp³-hybridized carbons (Fsp3) is 0.286. The topological polar surface area (TPSA) is 214 Å². The number of fused-ring (bicyclic) bond motifs is 2. The number of aryl methyl sites for hydroxylation is 2. The molecule has 0 radical (unpaired) electrons. The summed E-state index contributed by atoms with van der Waals surface area (Å²) in [6.07, 6.45) is 0.996. The van der Waals surface area contributed by atoms with E-state index in [4.69, 9.17) is 11.5 Å². The van der Waals surface area contributed by atoms with Gasteiger partial charge in [0.25, 0.3) is 11.1 Å². The first-order valence-electron chi connectivity index (χ1n) is 13.2. The van der Waals surface area contributed by atoms with Gasteiger partial charge in [0.1, 0.15) is 23.7 Å². The number of nitrogens with two attached hydrogens (primary N) is 2. The lowest BCUT2D eigenvalue weighted by Crippen LogP contribution is -2.45. The van der Waals surface area contributed by atoms with E-state index in [2.05, 4.69) is 20.6 Å². The number of carbonyl (C=O) groups is 4. The Labute approximate surface area is 237 Å². The molecule has 4 heterocycles. The van der Waals surface area contributed by atoms with Gasteiger partial charge in [0, 0.05) is 24.2 Å². The van der Waals surface area contributed by atoms with Crippen molar-refractivity contribution in [2.24, 2.45) is 0 Å². The zero-order chi connectivity index (χ0) is 30.3. The molecule has 0 spiro atoms. The van der Waals surface area contributed by atoms with E-state index >= 15 is 0 Å². The molecule has 2 aliphatic rings. The number of anilines is 2. The van der Waals surface area contributed by atoms with Crippen molar-refractivity contribution in [1.82, 2.24) is 29.7 Å². The van der Waals surface area contributed by atoms with Crippen LogP contribution in [0.2, 0.25) is 0 Å². The molecule has 0 bridgehead atoms. The molecular formula is C28H28N8O6. The monoisotopic (exact) mass is 572 g/mol. The van der Waals surface area contributed by atoms with Gasteiger partial charge in [-0.2, -0.15) is 0 Å². The second kappa shape index (κ2) is 10.9. The van der Waals surface area contributed by atoms with Crippen LogP contribution in [0.1, 0.15) is 49.4 Å². The van der Waals surface area contributed by atoms with Crippen LogP contribution < -0.4 is 33.2 Å². The summed E-state index contributed by atoms with van der Waals surface area (Å²) in [5, 5.41) is 5.24. The highest BCUT2D eigenvalue weighted by molar-refractivity contribution is 6.00. The Kier molecular flexibility index (Phi) is 7.29. The Morgan fingerprint density at radius 3 is 1.40 bits per heavy atom. The first-order chi connectivity index (χ1) is 19.9. The van der Waals surface area contributed by atoms with E-state index in [0.717, 1.165) is 0 Å². The van der Waals surface area contributed by atoms with Gasteiger partial charge in [0.05, 0.1) is 21.8 Å². The third-order valence-corrected chi connectivity index (χ3v) is 7.24. The number of nitrogens with one attached hydrogen (secondary N) is 2. The number of hydrogen-bond acceptors (Lipinski definition) is 10. The predicted molar refractivity (Wildman–Crippen MR) is 153 cm³/mol. The molecule has 2 aromatic heterocycles. The Bertz CT molecular complexity index is 1790. The quantitative estimate of drug-likeness (QED) is 0.193. The maximum Gasteiger partial charge on any atom is 0.262 e. The van der Waals surface area contributed by atoms with Crippen LogP contribution in [0.5, 0.6) is 0 Å². The number of piperidine rings is 2. The summed E-state index contributed by atoms with van der Waals surface area (Å²) in [7, 11) is 0. The zero-order valence-electron chi connectivity index (χ0n) is 22.8. The molecule has 42 heavy (non-hydrogen) atoms. The molecule has 14 nitrogen and oxygen atoms in total. The van der Waals surface area contributed by atoms with E-state index < -0.39 is 23.9 Å². The number of benzene rings is 2. The van der Waals surface area contributed by atoms with Crippen LogP contribution in [0, 0.1) is 13.8 Å². The summed E-state index contributed by atoms with van der Waals surface area (Å²) in [5.41, 5.74) is 12.8. The lowest BCUT2D eigenvalue weighted by atomic mass is 10.1. The van der Waals surface area contributed by atoms with Crippen molar-refractivity contribution in [3.63, 3.8) is 0 Å². The van der Waals surface area contributed by atoms with Crippen LogP contribution >= 0.6 is 0 Å². The fourth-order valence-electron chi connectivity index (χ4n) is 5.25. The summed E-state index contributed by atoms with van der Waals surface area (Å²) in [4.78, 5) is 80.3. The van der Waals surface area contributed by atoms with Crippen LogP contribution in [0.4, 0.5) is 11.4 Å². The van der Waals surface area contributed by atoms with Gasteiger partial charge in [-0.3, -0.25) is 48.5 Å². The lowest BCUT2D eigenvalue weighted by Gasteiger charge is -2.24. The van der Waals surface area contributed by atoms with Gasteiger partial charge >= 0.3 is 0 Å². The third kappa shape index (κ3) is 5.21. The van der Waals surface area contributed by atoms with E-state index in [1.807, 2.05) is 0 Å². The average Bonchev–Trinajstić information content (AvgIpc) is 2.92. The number of carbonyl (C=O) groups excluding carboxylic acids is 4. The van der Waals surface area contributed by atoms with Gasteiger partial charge in [-0.05, 0) is 63.1 Å². The summed E-state index contributed by atoms with van der Waals surface area (Å²) in [6.45, 7) is 3.34. The minimum absolute atomic E-state index is 0.206. The lowest BCUT2D eigenvalue weighted by molar-refractivity contribution is -0.137. The van der Waals surface area contributed by atoms with E-state index in [9.17, 15) is 28.8 Å². The molecule has 6 N–H and O–H groups in total. The number of nitrogen functional groups attached to an aromatic ring is 2. The largest absolute Gasteiger partial charge is 0.399 e. The van der Waals surface area contributed by atoms with E-state index in [0.29, 0.717) is 57.7 Å². The minimum atomic E-state index is -0.714. The number of rotatable bonds is 2. The van der Waals surface area contributed by atoms with Crippen molar-refractivity contribution in [3.05, 3.63) is 68.8 Å². The molecule has 0 saturated carbocycles. The maximum absolute atomic E-state index is 12.6. The number of hydrogen-bond donors (Lipinski definition) is 4. The summed E-state index contributed by atoms with van der Waals surface area (Å²) in [5.74, 6) is -0.707. The molecule has 0 aliphatic carbocycles. The van der Waals surface area contributed by atoms with Gasteiger partial charge in [0.2, 0.25) is 23.6 Å². The van der Waals surface area contributed by atoms with E-state index in [-0.39, 0.29) is 35.8 Å². The number of nitrogens with zero attached hydrogens (tertiary/aromatic N) is 4. The highest BCUT2D eigenvalue weighted by Crippen LogP contribution is 2.22. The Morgan fingerprint density at radius 2 is 1.05 bits per heavy atom. The van der Waals surface area contributed by atoms with Gasteiger partial charge in [-0.1, -0.05) is 0 Å². The summed E-state index contributed by atoms with van der Waals surface area (Å²) in [6, 6.07) is 8.36. The number of aromatic nitrogens is 4. The second-order valence-electron chi connectivity index (χ2n) is 10.2. The van der Waals surface area contributed by atoms with Crippen LogP contribution in [0.25, 0.3) is 21.8 Å². The normalized spacial score (nSPS) is 18.8. The molecule has 4 aromatic rings. The summed E-state index contributed by atoms with van der Waals surface area (Å²) >= 11 is 0. The molecule has 2 aromatic carbocycles. The van der Waals surface area contributed by atoms with Gasteiger partial charge in [0.15, 0.2) is 0 Å². The third-order valence-electron chi connectivity index (χ3n) is 7.24. The van der Waals surface area contributed by atoms with Crippen molar-refractivity contribution < 1.29 is 19.2 Å². The Balaban J connectivity index is 0.000000168. The molecule has 6 rings (SSSR count). The van der Waals surface area contributed by atoms with Crippen molar-refractivity contribution in [3.8, 4) is 0 Å². The highest BCUT2D eigenvalue weighted by Gasteiger charge is 2.31. The fourth-order valence-corrected chi connectivity index (χ4v) is 5.25. The minimum Gasteiger partial charge on any atom is -0.399 e. The molecule has 2 aliphatic heterocycles. The molecule has 4 amide bonds. The van der Waals surface area contributed by atoms with Crippen LogP contribution in [-0.2, 0) is 19.2 Å². The molecule has 2 saturated heterocycles. The average molecular weight is 573 g/mol. The van der Waals surface area contributed by atoms with Crippen molar-refractivity contribution in [2.45, 2.75) is 51.6 Å². The molecule has 216 valence electrons. The standard InChI is InChI=1S/2C14H14N4O3/c2*1-7-16-10-3-2-8(15)6-9(10)14(21)18(7)11-4-5-12(19)17-13(11)20/h2*2-3,6,11H,4-5,15H2,1H3,(H,17,19,20)/t2*11-/m10/s1. The Hall–Kier alpha value is -5.40. The van der Waals surface area contributed by atoms with Crippen molar-refractivity contribution in [2.75, 3.05) is 11.5 Å². The predicted octanol–water partition coefficient (Wildman–Crippen LogP) is 0.530. The van der Waals surface area contributed by atoms with E-state index in [1.54, 1.807) is 50.2 Å².